The van der Waals surface area contributed by atoms with Crippen LogP contribution in [0.25, 0.3) is 11.1 Å². The normalized spacial score (nSPS) is 22.5. The Bertz CT molecular complexity index is 1130. The van der Waals surface area contributed by atoms with Crippen molar-refractivity contribution in [2.24, 2.45) is 5.92 Å². The number of amides is 2. The van der Waals surface area contributed by atoms with Gasteiger partial charge >= 0.3 is 0 Å². The molecule has 1 aliphatic carbocycles. The van der Waals surface area contributed by atoms with Crippen LogP contribution in [0.4, 0.5) is 14.5 Å². The molecule has 0 radical (unpaired) electrons. The quantitative estimate of drug-likeness (QED) is 0.528. The molecule has 12 heteroatoms. The van der Waals surface area contributed by atoms with E-state index in [2.05, 4.69) is 21.2 Å². The number of carbonyl (C=O) groups is 2. The Kier molecular flexibility index (Phi) is 6.87. The summed E-state index contributed by atoms with van der Waals surface area (Å²) in [5.41, 5.74) is 6.93. The Morgan fingerprint density at radius 1 is 1.29 bits per heavy atom. The van der Waals surface area contributed by atoms with E-state index < -0.39 is 12.1 Å². The highest BCUT2D eigenvalue weighted by Crippen LogP contribution is 2.40. The van der Waals surface area contributed by atoms with Crippen LogP contribution in [0, 0.1) is 5.92 Å². The third-order valence-corrected chi connectivity index (χ3v) is 7.42. The molecule has 3 fully saturated rings. The zero-order valence-corrected chi connectivity index (χ0v) is 19.7. The number of hydrazine groups is 1. The third kappa shape index (κ3) is 5.10. The topological polar surface area (TPSA) is 105 Å². The lowest BCUT2D eigenvalue weighted by Crippen LogP contribution is -2.44. The number of nitrogens with one attached hydrogen (secondary N) is 3. The molecule has 3 aliphatic rings. The first-order chi connectivity index (χ1) is 16.9. The molecule has 0 spiro atoms. The van der Waals surface area contributed by atoms with Crippen LogP contribution in [0.1, 0.15) is 35.3 Å². The number of morpholine rings is 1. The lowest BCUT2D eigenvalue weighted by Gasteiger charge is -2.28. The monoisotopic (exact) mass is 505 g/mol. The number of methoxy groups -OCH3 is 1. The number of hydrogen-bond acceptors (Lipinski definition) is 8. The highest BCUT2D eigenvalue weighted by atomic mass is 32.2. The maximum atomic E-state index is 13.5. The Labute approximate surface area is 204 Å². The second-order valence-electron chi connectivity index (χ2n) is 8.47. The summed E-state index contributed by atoms with van der Waals surface area (Å²) in [5.74, 6) is 0.209. The van der Waals surface area contributed by atoms with Crippen molar-refractivity contribution in [2.75, 3.05) is 31.8 Å². The number of rotatable bonds is 7. The molecule has 3 N–H and O–H groups in total. The summed E-state index contributed by atoms with van der Waals surface area (Å²) in [6.07, 6.45) is 0.731. The van der Waals surface area contributed by atoms with Crippen molar-refractivity contribution in [1.29, 1.82) is 0 Å². The Balaban J connectivity index is 1.52. The van der Waals surface area contributed by atoms with E-state index in [1.54, 1.807) is 34.9 Å². The Hall–Kier alpha value is -2.80. The number of thioether (sulfide) groups is 1. The first-order valence-corrected chi connectivity index (χ1v) is 12.2. The smallest absolute Gasteiger partial charge is 0.280 e. The summed E-state index contributed by atoms with van der Waals surface area (Å²) >= 11 is 1.59. The van der Waals surface area contributed by atoms with Crippen molar-refractivity contribution in [1.82, 2.24) is 21.2 Å². The van der Waals surface area contributed by atoms with Gasteiger partial charge in [-0.1, -0.05) is 11.8 Å². The summed E-state index contributed by atoms with van der Waals surface area (Å²) < 4.78 is 37.6. The lowest BCUT2D eigenvalue weighted by atomic mass is 9.97. The molecule has 35 heavy (non-hydrogen) atoms. The van der Waals surface area contributed by atoms with Gasteiger partial charge in [0.25, 0.3) is 18.2 Å². The van der Waals surface area contributed by atoms with Crippen molar-refractivity contribution in [3.8, 4) is 16.9 Å². The van der Waals surface area contributed by atoms with Gasteiger partial charge < -0.3 is 19.7 Å². The number of ether oxygens (including phenoxy) is 2. The number of nitrogens with zero attached hydrogens (tertiary/aromatic N) is 2. The van der Waals surface area contributed by atoms with Gasteiger partial charge in [-0.05, 0) is 43.0 Å². The van der Waals surface area contributed by atoms with Crippen LogP contribution in [-0.2, 0) is 9.53 Å². The SMILES string of the molecule is COc1cnc(C(F)F)cc1-c1cc(N2CCOCC2=O)ccc1C(=O)NC1NNC(C2CC2)S1. The first kappa shape index (κ1) is 23.9. The molecule has 1 aromatic carbocycles. The second-order valence-corrected chi connectivity index (χ2v) is 9.73. The predicted octanol–water partition coefficient (Wildman–Crippen LogP) is 2.65. The molecule has 186 valence electrons. The van der Waals surface area contributed by atoms with Gasteiger partial charge in [-0.2, -0.15) is 0 Å². The molecule has 1 aromatic heterocycles. The van der Waals surface area contributed by atoms with Crippen LogP contribution in [0.5, 0.6) is 5.75 Å². The van der Waals surface area contributed by atoms with Crippen molar-refractivity contribution in [3.05, 3.63) is 41.7 Å². The van der Waals surface area contributed by atoms with Crippen LogP contribution < -0.4 is 25.8 Å². The minimum absolute atomic E-state index is 0.0502. The highest BCUT2D eigenvalue weighted by Gasteiger charge is 2.38. The fourth-order valence-corrected chi connectivity index (χ4v) is 5.37. The average Bonchev–Trinajstić information content (AvgIpc) is 3.62. The number of carbonyl (C=O) groups excluding carboxylic acids is 2. The summed E-state index contributed by atoms with van der Waals surface area (Å²) in [6, 6.07) is 6.12. The van der Waals surface area contributed by atoms with E-state index in [4.69, 9.17) is 9.47 Å². The molecule has 2 saturated heterocycles. The van der Waals surface area contributed by atoms with Gasteiger partial charge in [0.05, 0.1) is 25.3 Å². The van der Waals surface area contributed by atoms with Gasteiger partial charge in [0.15, 0.2) is 0 Å². The minimum atomic E-state index is -2.80. The number of anilines is 1. The van der Waals surface area contributed by atoms with Crippen LogP contribution in [0.15, 0.2) is 30.5 Å². The lowest BCUT2D eigenvalue weighted by molar-refractivity contribution is -0.125. The first-order valence-electron chi connectivity index (χ1n) is 11.3. The molecule has 0 bridgehead atoms. The summed E-state index contributed by atoms with van der Waals surface area (Å²) in [4.78, 5) is 31.1. The number of pyridine rings is 1. The predicted molar refractivity (Wildman–Crippen MR) is 126 cm³/mol. The van der Waals surface area contributed by atoms with E-state index >= 15 is 0 Å². The molecule has 2 amide bonds. The molecular weight excluding hydrogens is 480 g/mol. The second kappa shape index (κ2) is 10.1. The molecule has 2 aliphatic heterocycles. The molecular formula is C23H25F2N5O4S. The number of hydrogen-bond donors (Lipinski definition) is 3. The van der Waals surface area contributed by atoms with E-state index in [1.807, 2.05) is 0 Å². The molecule has 2 unspecified atom stereocenters. The van der Waals surface area contributed by atoms with Crippen molar-refractivity contribution in [2.45, 2.75) is 30.1 Å². The fourth-order valence-electron chi connectivity index (χ4n) is 4.13. The van der Waals surface area contributed by atoms with Crippen molar-refractivity contribution in [3.63, 3.8) is 0 Å². The van der Waals surface area contributed by atoms with Gasteiger partial charge in [0, 0.05) is 28.9 Å². The van der Waals surface area contributed by atoms with Gasteiger partial charge in [-0.3, -0.25) is 14.6 Å². The summed E-state index contributed by atoms with van der Waals surface area (Å²) in [5, 5.41) is 3.17. The Morgan fingerprint density at radius 2 is 2.11 bits per heavy atom. The van der Waals surface area contributed by atoms with Crippen LogP contribution >= 0.6 is 11.8 Å². The van der Waals surface area contributed by atoms with Gasteiger partial charge in [-0.15, -0.1) is 0 Å². The molecule has 1 saturated carbocycles. The summed E-state index contributed by atoms with van der Waals surface area (Å²) in [7, 11) is 1.40. The third-order valence-electron chi connectivity index (χ3n) is 6.12. The largest absolute Gasteiger partial charge is 0.494 e. The number of benzene rings is 1. The molecule has 2 atom stereocenters. The van der Waals surface area contributed by atoms with E-state index in [-0.39, 0.29) is 46.2 Å². The summed E-state index contributed by atoms with van der Waals surface area (Å²) in [6.45, 7) is 0.666. The van der Waals surface area contributed by atoms with E-state index in [0.717, 1.165) is 12.8 Å². The van der Waals surface area contributed by atoms with Crippen molar-refractivity contribution < 1.29 is 27.8 Å². The minimum Gasteiger partial charge on any atom is -0.494 e. The number of aromatic nitrogens is 1. The maximum Gasteiger partial charge on any atom is 0.280 e. The van der Waals surface area contributed by atoms with E-state index in [9.17, 15) is 18.4 Å². The van der Waals surface area contributed by atoms with Gasteiger partial charge in [0.1, 0.15) is 23.5 Å². The Morgan fingerprint density at radius 3 is 2.83 bits per heavy atom. The number of halogens is 2. The number of alkyl halides is 2. The molecule has 9 nitrogen and oxygen atoms in total. The molecule has 5 rings (SSSR count). The highest BCUT2D eigenvalue weighted by molar-refractivity contribution is 8.00. The van der Waals surface area contributed by atoms with E-state index in [1.165, 1.54) is 19.4 Å². The standard InChI is InChI=1S/C23H25F2N5O4S/c1-33-18-10-26-17(20(24)25)9-16(18)15-8-13(30-6-7-34-11-19(30)31)4-5-14(15)21(32)27-23-29-28-22(35-23)12-2-3-12/h4-5,8-10,12,20,22-23,28-29H,2-3,6-7,11H2,1H3,(H,27,32). The van der Waals surface area contributed by atoms with Crippen LogP contribution in [-0.4, -0.2) is 54.5 Å². The van der Waals surface area contributed by atoms with Crippen LogP contribution in [0.3, 0.4) is 0 Å². The zero-order chi connectivity index (χ0) is 24.5. The maximum absolute atomic E-state index is 13.5. The zero-order valence-electron chi connectivity index (χ0n) is 18.9. The van der Waals surface area contributed by atoms with E-state index in [0.29, 0.717) is 30.3 Å². The molecule has 3 heterocycles. The molecule has 2 aromatic rings. The average molecular weight is 506 g/mol. The van der Waals surface area contributed by atoms with Gasteiger partial charge in [0.2, 0.25) is 0 Å². The van der Waals surface area contributed by atoms with Gasteiger partial charge in [-0.25, -0.2) is 19.6 Å². The van der Waals surface area contributed by atoms with Crippen LogP contribution in [0.2, 0.25) is 0 Å². The fraction of sp³-hybridized carbons (Fsp3) is 0.435. The van der Waals surface area contributed by atoms with Crippen molar-refractivity contribution >= 4 is 29.3 Å².